The number of methoxy groups -OCH3 is 1. The van der Waals surface area contributed by atoms with Crippen molar-refractivity contribution in [2.75, 3.05) is 51.3 Å². The normalized spacial score (nSPS) is 19.8. The molecule has 2 fully saturated rings. The molecule has 10 heteroatoms. The number of carbonyl (C=O) groups is 2. The minimum Gasteiger partial charge on any atom is -0.495 e. The SMILES string of the molecule is COc1ccc(S(=O)(=O)N2CCC[C@@H](C)C2)cc1N1CCN(C(=O)[C@H](OC(C)=O)c2ccccc2)CC1. The summed E-state index contributed by atoms with van der Waals surface area (Å²) in [4.78, 5) is 29.0. The molecule has 0 saturated carbocycles. The number of hydrogen-bond donors (Lipinski definition) is 0. The van der Waals surface area contributed by atoms with Gasteiger partial charge in [0.1, 0.15) is 5.75 Å². The standard InChI is InChI=1S/C27H35N3O6S/c1-20-8-7-13-30(19-20)37(33,34)23-11-12-25(35-3)24(18-23)28-14-16-29(17-15-28)27(32)26(36-21(2)31)22-9-5-4-6-10-22/h4-6,9-12,18,20,26H,7-8,13-17,19H2,1-3H3/t20-,26-/m1/s1. The number of hydrogen-bond acceptors (Lipinski definition) is 7. The summed E-state index contributed by atoms with van der Waals surface area (Å²) in [6.45, 7) is 6.17. The molecule has 200 valence electrons. The van der Waals surface area contributed by atoms with Gasteiger partial charge in [0.05, 0.1) is 17.7 Å². The maximum absolute atomic E-state index is 13.4. The number of amides is 1. The summed E-state index contributed by atoms with van der Waals surface area (Å²) in [6.07, 6.45) is 0.891. The highest BCUT2D eigenvalue weighted by Crippen LogP contribution is 2.34. The number of sulfonamides is 1. The lowest BCUT2D eigenvalue weighted by Crippen LogP contribution is -2.50. The molecule has 2 aromatic rings. The molecular formula is C27H35N3O6S. The fraction of sp³-hybridized carbons (Fsp3) is 0.481. The zero-order chi connectivity index (χ0) is 26.6. The molecule has 0 aromatic heterocycles. The highest BCUT2D eigenvalue weighted by atomic mass is 32.2. The Labute approximate surface area is 219 Å². The summed E-state index contributed by atoms with van der Waals surface area (Å²) in [5.41, 5.74) is 1.30. The maximum atomic E-state index is 13.4. The summed E-state index contributed by atoms with van der Waals surface area (Å²) in [5, 5.41) is 0. The van der Waals surface area contributed by atoms with Crippen LogP contribution < -0.4 is 9.64 Å². The van der Waals surface area contributed by atoms with E-state index in [1.165, 1.54) is 6.92 Å². The molecule has 2 saturated heterocycles. The second kappa shape index (κ2) is 11.5. The minimum absolute atomic E-state index is 0.245. The first kappa shape index (κ1) is 26.9. The average Bonchev–Trinajstić information content (AvgIpc) is 2.91. The molecule has 2 heterocycles. The maximum Gasteiger partial charge on any atom is 0.303 e. The Bertz CT molecular complexity index is 1210. The first-order valence-electron chi connectivity index (χ1n) is 12.6. The van der Waals surface area contributed by atoms with E-state index in [2.05, 4.69) is 6.92 Å². The minimum atomic E-state index is -3.62. The molecule has 2 aliphatic heterocycles. The van der Waals surface area contributed by atoms with Gasteiger partial charge in [0, 0.05) is 51.8 Å². The van der Waals surface area contributed by atoms with Crippen LogP contribution in [0.25, 0.3) is 0 Å². The fourth-order valence-electron chi connectivity index (χ4n) is 4.98. The van der Waals surface area contributed by atoms with E-state index < -0.39 is 22.1 Å². The molecule has 0 N–H and O–H groups in total. The van der Waals surface area contributed by atoms with Crippen molar-refractivity contribution >= 4 is 27.6 Å². The molecule has 0 radical (unpaired) electrons. The van der Waals surface area contributed by atoms with E-state index in [1.54, 1.807) is 58.8 Å². The van der Waals surface area contributed by atoms with Gasteiger partial charge in [-0.3, -0.25) is 9.59 Å². The second-order valence-electron chi connectivity index (χ2n) is 9.66. The van der Waals surface area contributed by atoms with Crippen molar-refractivity contribution in [3.8, 4) is 5.75 Å². The number of anilines is 1. The molecule has 37 heavy (non-hydrogen) atoms. The summed E-state index contributed by atoms with van der Waals surface area (Å²) < 4.78 is 39.3. The van der Waals surface area contributed by atoms with Crippen molar-refractivity contribution in [3.63, 3.8) is 0 Å². The molecule has 9 nitrogen and oxygen atoms in total. The Morgan fingerprint density at radius 2 is 1.70 bits per heavy atom. The van der Waals surface area contributed by atoms with Gasteiger partial charge in [-0.2, -0.15) is 4.31 Å². The van der Waals surface area contributed by atoms with Crippen LogP contribution in [-0.2, 0) is 24.3 Å². The van der Waals surface area contributed by atoms with Crippen LogP contribution in [0.4, 0.5) is 5.69 Å². The summed E-state index contributed by atoms with van der Waals surface area (Å²) >= 11 is 0. The van der Waals surface area contributed by atoms with Crippen molar-refractivity contribution < 1.29 is 27.5 Å². The molecule has 2 atom stereocenters. The van der Waals surface area contributed by atoms with Crippen LogP contribution >= 0.6 is 0 Å². The topological polar surface area (TPSA) is 96.5 Å². The number of benzene rings is 2. The zero-order valence-corrected chi connectivity index (χ0v) is 22.4. The number of rotatable bonds is 7. The predicted octanol–water partition coefficient (Wildman–Crippen LogP) is 3.07. The van der Waals surface area contributed by atoms with Crippen LogP contribution in [-0.4, -0.2) is 75.9 Å². The first-order chi connectivity index (χ1) is 17.7. The Balaban J connectivity index is 1.51. The third-order valence-electron chi connectivity index (χ3n) is 6.95. The van der Waals surface area contributed by atoms with E-state index in [4.69, 9.17) is 9.47 Å². The van der Waals surface area contributed by atoms with Gasteiger partial charge < -0.3 is 19.3 Å². The van der Waals surface area contributed by atoms with Crippen LogP contribution in [0.3, 0.4) is 0 Å². The number of ether oxygens (including phenoxy) is 2. The van der Waals surface area contributed by atoms with Crippen molar-refractivity contribution in [2.24, 2.45) is 5.92 Å². The summed E-state index contributed by atoms with van der Waals surface area (Å²) in [5.74, 6) is 0.113. The fourth-order valence-corrected chi connectivity index (χ4v) is 6.60. The van der Waals surface area contributed by atoms with Gasteiger partial charge in [-0.15, -0.1) is 0 Å². The number of piperidine rings is 1. The summed E-state index contributed by atoms with van der Waals surface area (Å²) in [7, 11) is -2.06. The summed E-state index contributed by atoms with van der Waals surface area (Å²) in [6, 6.07) is 13.9. The molecule has 2 aromatic carbocycles. The second-order valence-corrected chi connectivity index (χ2v) is 11.6. The highest BCUT2D eigenvalue weighted by Gasteiger charge is 2.33. The molecule has 0 aliphatic carbocycles. The Morgan fingerprint density at radius 3 is 2.32 bits per heavy atom. The van der Waals surface area contributed by atoms with E-state index >= 15 is 0 Å². The lowest BCUT2D eigenvalue weighted by Gasteiger charge is -2.38. The van der Waals surface area contributed by atoms with Crippen molar-refractivity contribution in [2.45, 2.75) is 37.7 Å². The van der Waals surface area contributed by atoms with Gasteiger partial charge >= 0.3 is 5.97 Å². The molecule has 0 bridgehead atoms. The first-order valence-corrected chi connectivity index (χ1v) is 14.1. The van der Waals surface area contributed by atoms with Crippen LogP contribution in [0, 0.1) is 5.92 Å². The number of nitrogens with zero attached hydrogens (tertiary/aromatic N) is 3. The number of piperazine rings is 1. The lowest BCUT2D eigenvalue weighted by molar-refractivity contribution is -0.159. The largest absolute Gasteiger partial charge is 0.495 e. The van der Waals surface area contributed by atoms with E-state index in [0.29, 0.717) is 62.2 Å². The third kappa shape index (κ3) is 6.07. The highest BCUT2D eigenvalue weighted by molar-refractivity contribution is 7.89. The Hall–Kier alpha value is -3.11. The van der Waals surface area contributed by atoms with Crippen LogP contribution in [0.1, 0.15) is 38.4 Å². The van der Waals surface area contributed by atoms with Crippen molar-refractivity contribution in [1.29, 1.82) is 0 Å². The molecule has 4 rings (SSSR count). The van der Waals surface area contributed by atoms with E-state index in [1.807, 2.05) is 11.0 Å². The number of esters is 1. The monoisotopic (exact) mass is 529 g/mol. The Kier molecular flexibility index (Phi) is 8.39. The van der Waals surface area contributed by atoms with Crippen LogP contribution in [0.2, 0.25) is 0 Å². The van der Waals surface area contributed by atoms with Gasteiger partial charge in [0.25, 0.3) is 5.91 Å². The van der Waals surface area contributed by atoms with Crippen LogP contribution in [0.5, 0.6) is 5.75 Å². The smallest absolute Gasteiger partial charge is 0.303 e. The predicted molar refractivity (Wildman–Crippen MR) is 140 cm³/mol. The van der Waals surface area contributed by atoms with Gasteiger partial charge in [-0.1, -0.05) is 37.3 Å². The lowest BCUT2D eigenvalue weighted by atomic mass is 10.0. The molecule has 1 amide bonds. The molecular weight excluding hydrogens is 494 g/mol. The van der Waals surface area contributed by atoms with Gasteiger partial charge in [0.2, 0.25) is 16.1 Å². The van der Waals surface area contributed by atoms with E-state index in [0.717, 1.165) is 12.8 Å². The van der Waals surface area contributed by atoms with Crippen molar-refractivity contribution in [1.82, 2.24) is 9.21 Å². The van der Waals surface area contributed by atoms with Crippen molar-refractivity contribution in [3.05, 3.63) is 54.1 Å². The quantitative estimate of drug-likeness (QED) is 0.509. The Morgan fingerprint density at radius 1 is 1.00 bits per heavy atom. The third-order valence-corrected chi connectivity index (χ3v) is 8.81. The van der Waals surface area contributed by atoms with E-state index in [9.17, 15) is 18.0 Å². The van der Waals surface area contributed by atoms with Crippen LogP contribution in [0.15, 0.2) is 53.4 Å². The zero-order valence-electron chi connectivity index (χ0n) is 21.6. The van der Waals surface area contributed by atoms with Gasteiger partial charge in [0.15, 0.2) is 0 Å². The van der Waals surface area contributed by atoms with E-state index in [-0.39, 0.29) is 10.8 Å². The molecule has 0 unspecified atom stereocenters. The molecule has 0 spiro atoms. The van der Waals surface area contributed by atoms with Gasteiger partial charge in [-0.05, 0) is 37.0 Å². The van der Waals surface area contributed by atoms with Gasteiger partial charge in [-0.25, -0.2) is 8.42 Å². The molecule has 2 aliphatic rings. The number of carbonyl (C=O) groups excluding carboxylic acids is 2. The average molecular weight is 530 g/mol.